The van der Waals surface area contributed by atoms with E-state index < -0.39 is 0 Å². The minimum Gasteiger partial charge on any atom is -0.352 e. The predicted octanol–water partition coefficient (Wildman–Crippen LogP) is 3.96. The molecule has 0 saturated heterocycles. The van der Waals surface area contributed by atoms with Crippen molar-refractivity contribution in [3.8, 4) is 0 Å². The summed E-state index contributed by atoms with van der Waals surface area (Å²) in [7, 11) is 0. The standard InChI is InChI=1S/C18H19ClN2O2/c1-4-20-17(22)13-6-5-7-16(12(13)3)21-18(23)14-10-11(2)8-9-15(14)19/h5-10H,4H2,1-3H3,(H,20,22)(H,21,23). The highest BCUT2D eigenvalue weighted by molar-refractivity contribution is 6.34. The SMILES string of the molecule is CCNC(=O)c1cccc(NC(=O)c2cc(C)ccc2Cl)c1C. The molecule has 0 unspecified atom stereocenters. The Labute approximate surface area is 140 Å². The lowest BCUT2D eigenvalue weighted by Crippen LogP contribution is -2.24. The van der Waals surface area contributed by atoms with Crippen molar-refractivity contribution < 1.29 is 9.59 Å². The third kappa shape index (κ3) is 3.90. The van der Waals surface area contributed by atoms with E-state index in [4.69, 9.17) is 11.6 Å². The average molecular weight is 331 g/mol. The van der Waals surface area contributed by atoms with Gasteiger partial charge in [-0.15, -0.1) is 0 Å². The lowest BCUT2D eigenvalue weighted by atomic mass is 10.1. The molecule has 0 aliphatic carbocycles. The van der Waals surface area contributed by atoms with Crippen LogP contribution in [0.3, 0.4) is 0 Å². The number of carbonyl (C=O) groups excluding carboxylic acids is 2. The van der Waals surface area contributed by atoms with Gasteiger partial charge >= 0.3 is 0 Å². The normalized spacial score (nSPS) is 10.3. The van der Waals surface area contributed by atoms with Crippen molar-refractivity contribution in [2.24, 2.45) is 0 Å². The number of benzene rings is 2. The molecule has 4 nitrogen and oxygen atoms in total. The Balaban J connectivity index is 2.30. The Kier molecular flexibility index (Phi) is 5.40. The van der Waals surface area contributed by atoms with E-state index in [1.165, 1.54) is 0 Å². The van der Waals surface area contributed by atoms with Gasteiger partial charge < -0.3 is 10.6 Å². The number of rotatable bonds is 4. The molecule has 120 valence electrons. The van der Waals surface area contributed by atoms with Crippen molar-refractivity contribution in [3.05, 3.63) is 63.7 Å². The van der Waals surface area contributed by atoms with Crippen LogP contribution < -0.4 is 10.6 Å². The summed E-state index contributed by atoms with van der Waals surface area (Å²) in [6.45, 7) is 6.11. The van der Waals surface area contributed by atoms with Crippen molar-refractivity contribution in [2.45, 2.75) is 20.8 Å². The monoisotopic (exact) mass is 330 g/mol. The second kappa shape index (κ2) is 7.29. The summed E-state index contributed by atoms with van der Waals surface area (Å²) in [5.41, 5.74) is 3.22. The first-order valence-electron chi connectivity index (χ1n) is 7.39. The van der Waals surface area contributed by atoms with Crippen LogP contribution in [0.25, 0.3) is 0 Å². The second-order valence-electron chi connectivity index (χ2n) is 5.28. The Morgan fingerprint density at radius 2 is 1.78 bits per heavy atom. The van der Waals surface area contributed by atoms with E-state index in [9.17, 15) is 9.59 Å². The molecule has 0 spiro atoms. The molecular formula is C18H19ClN2O2. The summed E-state index contributed by atoms with van der Waals surface area (Å²) in [6, 6.07) is 10.5. The maximum Gasteiger partial charge on any atom is 0.257 e. The van der Waals surface area contributed by atoms with Gasteiger partial charge in [0, 0.05) is 17.8 Å². The van der Waals surface area contributed by atoms with Crippen LogP contribution in [0.4, 0.5) is 5.69 Å². The summed E-state index contributed by atoms with van der Waals surface area (Å²) in [4.78, 5) is 24.5. The molecule has 0 aliphatic heterocycles. The summed E-state index contributed by atoms with van der Waals surface area (Å²) in [6.07, 6.45) is 0. The van der Waals surface area contributed by atoms with E-state index in [2.05, 4.69) is 10.6 Å². The molecule has 0 radical (unpaired) electrons. The van der Waals surface area contributed by atoms with Crippen LogP contribution in [0.2, 0.25) is 5.02 Å². The highest BCUT2D eigenvalue weighted by atomic mass is 35.5. The van der Waals surface area contributed by atoms with Crippen molar-refractivity contribution in [1.29, 1.82) is 0 Å². The number of hydrogen-bond donors (Lipinski definition) is 2. The molecular weight excluding hydrogens is 312 g/mol. The quantitative estimate of drug-likeness (QED) is 0.891. The van der Waals surface area contributed by atoms with Gasteiger partial charge in [0.05, 0.1) is 10.6 Å². The van der Waals surface area contributed by atoms with Crippen LogP contribution in [-0.2, 0) is 0 Å². The average Bonchev–Trinajstić information content (AvgIpc) is 2.51. The zero-order valence-corrected chi connectivity index (χ0v) is 14.1. The topological polar surface area (TPSA) is 58.2 Å². The molecule has 0 fully saturated rings. The zero-order chi connectivity index (χ0) is 17.0. The summed E-state index contributed by atoms with van der Waals surface area (Å²) in [5, 5.41) is 5.98. The summed E-state index contributed by atoms with van der Waals surface area (Å²) >= 11 is 6.10. The molecule has 0 saturated carbocycles. The lowest BCUT2D eigenvalue weighted by molar-refractivity contribution is 0.0953. The fraction of sp³-hybridized carbons (Fsp3) is 0.222. The van der Waals surface area contributed by atoms with Crippen LogP contribution in [0.5, 0.6) is 0 Å². The molecule has 23 heavy (non-hydrogen) atoms. The van der Waals surface area contributed by atoms with Crippen molar-refractivity contribution in [3.63, 3.8) is 0 Å². The maximum atomic E-state index is 12.5. The zero-order valence-electron chi connectivity index (χ0n) is 13.4. The van der Waals surface area contributed by atoms with E-state index >= 15 is 0 Å². The van der Waals surface area contributed by atoms with Gasteiger partial charge in [-0.2, -0.15) is 0 Å². The van der Waals surface area contributed by atoms with Crippen molar-refractivity contribution in [2.75, 3.05) is 11.9 Å². The predicted molar refractivity (Wildman–Crippen MR) is 93.3 cm³/mol. The van der Waals surface area contributed by atoms with Gasteiger partial charge in [0.15, 0.2) is 0 Å². The van der Waals surface area contributed by atoms with Gasteiger partial charge in [-0.1, -0.05) is 29.3 Å². The molecule has 0 aliphatic rings. The third-order valence-corrected chi connectivity index (χ3v) is 3.86. The van der Waals surface area contributed by atoms with Crippen LogP contribution in [0.15, 0.2) is 36.4 Å². The molecule has 2 aromatic carbocycles. The van der Waals surface area contributed by atoms with Gasteiger partial charge in [-0.05, 0) is 50.6 Å². The Hall–Kier alpha value is -2.33. The highest BCUT2D eigenvalue weighted by Crippen LogP contribution is 2.22. The number of amides is 2. The number of halogens is 1. The van der Waals surface area contributed by atoms with Crippen LogP contribution in [0, 0.1) is 13.8 Å². The van der Waals surface area contributed by atoms with Gasteiger partial charge in [-0.25, -0.2) is 0 Å². The van der Waals surface area contributed by atoms with Gasteiger partial charge in [0.25, 0.3) is 11.8 Å². The summed E-state index contributed by atoms with van der Waals surface area (Å²) in [5.74, 6) is -0.454. The van der Waals surface area contributed by atoms with Crippen molar-refractivity contribution in [1.82, 2.24) is 5.32 Å². The maximum absolute atomic E-state index is 12.5. The van der Waals surface area contributed by atoms with Gasteiger partial charge in [-0.3, -0.25) is 9.59 Å². The Bertz CT molecular complexity index is 757. The van der Waals surface area contributed by atoms with E-state index in [-0.39, 0.29) is 11.8 Å². The first kappa shape index (κ1) is 17.0. The van der Waals surface area contributed by atoms with E-state index in [1.54, 1.807) is 37.3 Å². The minimum absolute atomic E-state index is 0.158. The number of anilines is 1. The fourth-order valence-electron chi connectivity index (χ4n) is 2.28. The summed E-state index contributed by atoms with van der Waals surface area (Å²) < 4.78 is 0. The third-order valence-electron chi connectivity index (χ3n) is 3.53. The number of hydrogen-bond acceptors (Lipinski definition) is 2. The van der Waals surface area contributed by atoms with E-state index in [1.807, 2.05) is 19.9 Å². The van der Waals surface area contributed by atoms with Crippen molar-refractivity contribution >= 4 is 29.1 Å². The molecule has 2 amide bonds. The molecule has 2 aromatic rings. The van der Waals surface area contributed by atoms with E-state index in [0.29, 0.717) is 28.4 Å². The van der Waals surface area contributed by atoms with Crippen LogP contribution in [-0.4, -0.2) is 18.4 Å². The smallest absolute Gasteiger partial charge is 0.257 e. The molecule has 5 heteroatoms. The largest absolute Gasteiger partial charge is 0.352 e. The fourth-order valence-corrected chi connectivity index (χ4v) is 2.48. The minimum atomic E-state index is -0.296. The van der Waals surface area contributed by atoms with Crippen LogP contribution >= 0.6 is 11.6 Å². The van der Waals surface area contributed by atoms with Crippen LogP contribution in [0.1, 0.15) is 38.8 Å². The molecule has 2 rings (SSSR count). The Morgan fingerprint density at radius 1 is 1.04 bits per heavy atom. The first-order chi connectivity index (χ1) is 10.9. The highest BCUT2D eigenvalue weighted by Gasteiger charge is 2.15. The van der Waals surface area contributed by atoms with Gasteiger partial charge in [0.1, 0.15) is 0 Å². The molecule has 0 heterocycles. The number of nitrogens with one attached hydrogen (secondary N) is 2. The molecule has 0 bridgehead atoms. The second-order valence-corrected chi connectivity index (χ2v) is 5.68. The molecule has 0 aromatic heterocycles. The Morgan fingerprint density at radius 3 is 2.48 bits per heavy atom. The van der Waals surface area contributed by atoms with E-state index in [0.717, 1.165) is 11.1 Å². The van der Waals surface area contributed by atoms with Gasteiger partial charge in [0.2, 0.25) is 0 Å². The molecule has 2 N–H and O–H groups in total. The lowest BCUT2D eigenvalue weighted by Gasteiger charge is -2.13. The first-order valence-corrected chi connectivity index (χ1v) is 7.77. The molecule has 0 atom stereocenters. The number of carbonyl (C=O) groups is 2. The number of aryl methyl sites for hydroxylation is 1.